The van der Waals surface area contributed by atoms with Crippen LogP contribution in [0.4, 0.5) is 0 Å². The van der Waals surface area contributed by atoms with E-state index in [-0.39, 0.29) is 0 Å². The Morgan fingerprint density at radius 1 is 1.00 bits per heavy atom. The van der Waals surface area contributed by atoms with E-state index in [0.717, 1.165) is 19.3 Å². The van der Waals surface area contributed by atoms with Gasteiger partial charge in [0, 0.05) is 21.3 Å². The van der Waals surface area contributed by atoms with Crippen LogP contribution < -0.4 is 4.74 Å². The van der Waals surface area contributed by atoms with Gasteiger partial charge in [0.25, 0.3) is 0 Å². The standard InChI is InChI=1S/C6H6BrNO.C5H3Br2N/c1-9-6-2-5(7)3-8-4-6;6-4-1-2-5(7)8-3-4/h2-4H,1H3;1-3H. The Kier molecular flexibility index (Phi) is 6.69. The number of nitrogens with zero attached hydrogens (tertiary/aromatic N) is 2. The normalized spacial score (nSPS) is 9.18. The number of methoxy groups -OCH3 is 1. The summed E-state index contributed by atoms with van der Waals surface area (Å²) in [7, 11) is 1.61. The summed E-state index contributed by atoms with van der Waals surface area (Å²) in [6.45, 7) is 0. The summed E-state index contributed by atoms with van der Waals surface area (Å²) in [5, 5.41) is 0. The van der Waals surface area contributed by atoms with Gasteiger partial charge in [-0.3, -0.25) is 4.98 Å². The van der Waals surface area contributed by atoms with E-state index in [1.165, 1.54) is 0 Å². The Morgan fingerprint density at radius 2 is 1.76 bits per heavy atom. The van der Waals surface area contributed by atoms with Crippen molar-refractivity contribution >= 4 is 47.8 Å². The average Bonchev–Trinajstić information content (AvgIpc) is 2.34. The molecule has 0 saturated heterocycles. The lowest BCUT2D eigenvalue weighted by molar-refractivity contribution is 0.412. The fourth-order valence-corrected chi connectivity index (χ4v) is 1.67. The molecule has 2 rings (SSSR count). The highest BCUT2D eigenvalue weighted by Crippen LogP contribution is 2.14. The lowest BCUT2D eigenvalue weighted by Gasteiger charge is -1.96. The summed E-state index contributed by atoms with van der Waals surface area (Å²) in [6.07, 6.45) is 5.11. The molecule has 0 radical (unpaired) electrons. The molecule has 90 valence electrons. The molecule has 2 heterocycles. The second kappa shape index (κ2) is 7.79. The highest BCUT2D eigenvalue weighted by atomic mass is 79.9. The number of pyridine rings is 2. The summed E-state index contributed by atoms with van der Waals surface area (Å²) < 4.78 is 7.70. The van der Waals surface area contributed by atoms with Crippen molar-refractivity contribution < 1.29 is 4.74 Å². The number of hydrogen-bond acceptors (Lipinski definition) is 3. The van der Waals surface area contributed by atoms with Crippen molar-refractivity contribution in [3.63, 3.8) is 0 Å². The maximum absolute atomic E-state index is 4.90. The van der Waals surface area contributed by atoms with Gasteiger partial charge in [-0.05, 0) is 66.0 Å². The number of rotatable bonds is 1. The molecule has 0 N–H and O–H groups in total. The van der Waals surface area contributed by atoms with Gasteiger partial charge in [-0.1, -0.05) is 0 Å². The molecule has 0 bridgehead atoms. The van der Waals surface area contributed by atoms with E-state index in [1.807, 2.05) is 18.2 Å². The Bertz CT molecular complexity index is 442. The third kappa shape index (κ3) is 6.14. The largest absolute Gasteiger partial charge is 0.495 e. The van der Waals surface area contributed by atoms with Gasteiger partial charge < -0.3 is 4.74 Å². The molecule has 0 aromatic carbocycles. The first kappa shape index (κ1) is 14.6. The van der Waals surface area contributed by atoms with Gasteiger partial charge >= 0.3 is 0 Å². The second-order valence-corrected chi connectivity index (χ2v) is 5.49. The van der Waals surface area contributed by atoms with E-state index in [1.54, 1.807) is 25.7 Å². The van der Waals surface area contributed by atoms with Gasteiger partial charge in [0.1, 0.15) is 10.4 Å². The summed E-state index contributed by atoms with van der Waals surface area (Å²) >= 11 is 9.74. The van der Waals surface area contributed by atoms with E-state index in [0.29, 0.717) is 0 Å². The minimum Gasteiger partial charge on any atom is -0.495 e. The number of ether oxygens (including phenoxy) is 1. The summed E-state index contributed by atoms with van der Waals surface area (Å²) in [4.78, 5) is 7.83. The van der Waals surface area contributed by atoms with Crippen molar-refractivity contribution in [1.82, 2.24) is 9.97 Å². The Labute approximate surface area is 125 Å². The third-order valence-corrected chi connectivity index (χ3v) is 2.98. The molecule has 0 aliphatic heterocycles. The topological polar surface area (TPSA) is 35.0 Å². The van der Waals surface area contributed by atoms with Crippen molar-refractivity contribution in [2.24, 2.45) is 0 Å². The number of halogens is 3. The first-order chi connectivity index (χ1) is 8.11. The minimum absolute atomic E-state index is 0.768. The molecule has 0 fully saturated rings. The molecule has 0 atom stereocenters. The van der Waals surface area contributed by atoms with Crippen LogP contribution in [-0.4, -0.2) is 17.1 Å². The van der Waals surface area contributed by atoms with Crippen molar-refractivity contribution in [2.75, 3.05) is 7.11 Å². The molecular formula is C11H9Br3N2O. The molecular weight excluding hydrogens is 416 g/mol. The molecule has 17 heavy (non-hydrogen) atoms. The molecule has 0 saturated carbocycles. The van der Waals surface area contributed by atoms with Crippen LogP contribution in [0.15, 0.2) is 50.3 Å². The highest BCUT2D eigenvalue weighted by molar-refractivity contribution is 9.11. The molecule has 0 amide bonds. The zero-order valence-corrected chi connectivity index (χ0v) is 13.7. The molecule has 0 aliphatic rings. The molecule has 6 heteroatoms. The molecule has 3 nitrogen and oxygen atoms in total. The zero-order valence-electron chi connectivity index (χ0n) is 8.90. The average molecular weight is 425 g/mol. The summed E-state index contributed by atoms with van der Waals surface area (Å²) in [5.74, 6) is 0.768. The fourth-order valence-electron chi connectivity index (χ4n) is 0.862. The van der Waals surface area contributed by atoms with Crippen molar-refractivity contribution in [2.45, 2.75) is 0 Å². The lowest BCUT2D eigenvalue weighted by atomic mass is 10.5. The van der Waals surface area contributed by atoms with Gasteiger partial charge in [0.2, 0.25) is 0 Å². The van der Waals surface area contributed by atoms with Crippen LogP contribution in [0.1, 0.15) is 0 Å². The van der Waals surface area contributed by atoms with Gasteiger partial charge in [-0.25, -0.2) is 4.98 Å². The Balaban J connectivity index is 0.000000171. The Hall–Kier alpha value is -0.460. The first-order valence-electron chi connectivity index (χ1n) is 4.53. The Morgan fingerprint density at radius 3 is 2.18 bits per heavy atom. The fraction of sp³-hybridized carbons (Fsp3) is 0.0909. The van der Waals surface area contributed by atoms with Crippen LogP contribution in [0.5, 0.6) is 5.75 Å². The predicted octanol–water partition coefficient (Wildman–Crippen LogP) is 4.46. The van der Waals surface area contributed by atoms with Crippen molar-refractivity contribution in [3.8, 4) is 5.75 Å². The van der Waals surface area contributed by atoms with E-state index >= 15 is 0 Å². The quantitative estimate of drug-likeness (QED) is 0.634. The van der Waals surface area contributed by atoms with Crippen LogP contribution >= 0.6 is 47.8 Å². The molecule has 0 unspecified atom stereocenters. The van der Waals surface area contributed by atoms with E-state index < -0.39 is 0 Å². The number of hydrogen-bond donors (Lipinski definition) is 0. The van der Waals surface area contributed by atoms with Crippen LogP contribution in [0.2, 0.25) is 0 Å². The highest BCUT2D eigenvalue weighted by Gasteiger charge is 1.89. The molecule has 0 aliphatic carbocycles. The maximum atomic E-state index is 4.90. The number of aromatic nitrogens is 2. The monoisotopic (exact) mass is 422 g/mol. The van der Waals surface area contributed by atoms with Crippen LogP contribution in [0, 0.1) is 0 Å². The molecule has 2 aromatic rings. The van der Waals surface area contributed by atoms with Crippen LogP contribution in [-0.2, 0) is 0 Å². The van der Waals surface area contributed by atoms with E-state index in [4.69, 9.17) is 4.74 Å². The minimum atomic E-state index is 0.768. The predicted molar refractivity (Wildman–Crippen MR) is 78.1 cm³/mol. The third-order valence-electron chi connectivity index (χ3n) is 1.61. The van der Waals surface area contributed by atoms with Crippen LogP contribution in [0.3, 0.4) is 0 Å². The second-order valence-electron chi connectivity index (χ2n) is 2.84. The molecule has 2 aromatic heterocycles. The van der Waals surface area contributed by atoms with Crippen LogP contribution in [0.25, 0.3) is 0 Å². The lowest BCUT2D eigenvalue weighted by Crippen LogP contribution is -1.82. The van der Waals surface area contributed by atoms with Crippen molar-refractivity contribution in [3.05, 3.63) is 50.3 Å². The van der Waals surface area contributed by atoms with Gasteiger partial charge in [0.05, 0.1) is 13.3 Å². The van der Waals surface area contributed by atoms with E-state index in [9.17, 15) is 0 Å². The van der Waals surface area contributed by atoms with E-state index in [2.05, 4.69) is 57.8 Å². The van der Waals surface area contributed by atoms with Gasteiger partial charge in [0.15, 0.2) is 0 Å². The smallest absolute Gasteiger partial charge is 0.138 e. The summed E-state index contributed by atoms with van der Waals surface area (Å²) in [6, 6.07) is 5.66. The van der Waals surface area contributed by atoms with Gasteiger partial charge in [-0.2, -0.15) is 0 Å². The SMILES string of the molecule is Brc1ccc(Br)nc1.COc1cncc(Br)c1. The van der Waals surface area contributed by atoms with Crippen molar-refractivity contribution in [1.29, 1.82) is 0 Å². The first-order valence-corrected chi connectivity index (χ1v) is 6.91. The maximum Gasteiger partial charge on any atom is 0.138 e. The zero-order chi connectivity index (χ0) is 12.7. The summed E-state index contributed by atoms with van der Waals surface area (Å²) in [5.41, 5.74) is 0. The molecule has 0 spiro atoms. The van der Waals surface area contributed by atoms with Gasteiger partial charge in [-0.15, -0.1) is 0 Å².